The zero-order chi connectivity index (χ0) is 22.3. The molecule has 4 rings (SSSR count). The Morgan fingerprint density at radius 2 is 1.77 bits per heavy atom. The predicted molar refractivity (Wildman–Crippen MR) is 126 cm³/mol. The van der Waals surface area contributed by atoms with Crippen LogP contribution in [0.5, 0.6) is 0 Å². The van der Waals surface area contributed by atoms with Crippen molar-refractivity contribution in [3.63, 3.8) is 0 Å². The Morgan fingerprint density at radius 3 is 2.48 bits per heavy atom. The summed E-state index contributed by atoms with van der Waals surface area (Å²) in [4.78, 5) is 28.0. The normalized spacial score (nSPS) is 17.7. The van der Waals surface area contributed by atoms with Crippen LogP contribution in [0.4, 0.5) is 5.69 Å². The van der Waals surface area contributed by atoms with E-state index in [2.05, 4.69) is 15.9 Å². The van der Waals surface area contributed by atoms with E-state index in [0.29, 0.717) is 28.4 Å². The SMILES string of the molecule is Cc1ccc(C)c(CN2C(=O)[C@@](O)(CC(=O)c3ccc(Cl)cc3)c3cc(Br)ccc32)c1. The first-order valence-corrected chi connectivity index (χ1v) is 11.1. The van der Waals surface area contributed by atoms with Gasteiger partial charge in [-0.05, 0) is 67.4 Å². The average Bonchev–Trinajstić information content (AvgIpc) is 2.92. The summed E-state index contributed by atoms with van der Waals surface area (Å²) >= 11 is 9.34. The first kappa shape index (κ1) is 21.8. The second kappa shape index (κ2) is 8.23. The van der Waals surface area contributed by atoms with Crippen molar-refractivity contribution in [2.75, 3.05) is 4.90 Å². The number of benzene rings is 3. The van der Waals surface area contributed by atoms with Crippen molar-refractivity contribution in [2.45, 2.75) is 32.4 Å². The van der Waals surface area contributed by atoms with Crippen molar-refractivity contribution < 1.29 is 14.7 Å². The fraction of sp³-hybridized carbons (Fsp3) is 0.200. The van der Waals surface area contributed by atoms with Gasteiger partial charge in [0.25, 0.3) is 5.91 Å². The number of nitrogens with zero attached hydrogens (tertiary/aromatic N) is 1. The molecular weight excluding hydrogens is 478 g/mol. The van der Waals surface area contributed by atoms with E-state index in [-0.39, 0.29) is 12.2 Å². The van der Waals surface area contributed by atoms with Crippen LogP contribution >= 0.6 is 27.5 Å². The number of halogens is 2. The van der Waals surface area contributed by atoms with Crippen LogP contribution in [0.2, 0.25) is 5.02 Å². The molecule has 0 bridgehead atoms. The van der Waals surface area contributed by atoms with Gasteiger partial charge in [-0.2, -0.15) is 0 Å². The molecule has 1 aliphatic heterocycles. The van der Waals surface area contributed by atoms with Gasteiger partial charge < -0.3 is 10.0 Å². The van der Waals surface area contributed by atoms with E-state index in [1.54, 1.807) is 41.3 Å². The number of hydrogen-bond donors (Lipinski definition) is 1. The number of carbonyl (C=O) groups is 2. The number of hydrogen-bond acceptors (Lipinski definition) is 3. The van der Waals surface area contributed by atoms with Gasteiger partial charge in [0.15, 0.2) is 11.4 Å². The smallest absolute Gasteiger partial charge is 0.264 e. The molecule has 1 atom stereocenters. The number of Topliss-reactive ketones (excluding diaryl/α,β-unsaturated/α-hetero) is 1. The Hall–Kier alpha value is -2.47. The Bertz CT molecular complexity index is 1190. The summed E-state index contributed by atoms with van der Waals surface area (Å²) in [6.45, 7) is 4.31. The third-order valence-corrected chi connectivity index (χ3v) is 6.45. The second-order valence-corrected chi connectivity index (χ2v) is 9.30. The van der Waals surface area contributed by atoms with Crippen LogP contribution in [0, 0.1) is 13.8 Å². The average molecular weight is 499 g/mol. The molecule has 3 aromatic rings. The molecule has 31 heavy (non-hydrogen) atoms. The zero-order valence-corrected chi connectivity index (χ0v) is 19.5. The van der Waals surface area contributed by atoms with Crippen LogP contribution in [0.15, 0.2) is 65.1 Å². The number of ketones is 1. The predicted octanol–water partition coefficient (Wildman–Crippen LogP) is 5.73. The van der Waals surface area contributed by atoms with Crippen LogP contribution < -0.4 is 4.90 Å². The lowest BCUT2D eigenvalue weighted by molar-refractivity contribution is -0.136. The van der Waals surface area contributed by atoms with Gasteiger partial charge in [0, 0.05) is 20.6 Å². The highest BCUT2D eigenvalue weighted by molar-refractivity contribution is 9.10. The standard InChI is InChI=1S/C25H21BrClNO3/c1-15-3-4-16(2)18(11-15)14-28-22-10-7-19(26)12-21(22)25(31,24(28)30)13-23(29)17-5-8-20(27)9-6-17/h3-12,31H,13-14H2,1-2H3/t25-/m1/s1. The van der Waals surface area contributed by atoms with Gasteiger partial charge >= 0.3 is 0 Å². The third-order valence-electron chi connectivity index (χ3n) is 5.71. The van der Waals surface area contributed by atoms with Crippen LogP contribution in [0.1, 0.15) is 39.0 Å². The van der Waals surface area contributed by atoms with Crippen molar-refractivity contribution in [1.29, 1.82) is 0 Å². The molecular formula is C25H21BrClNO3. The molecule has 1 amide bonds. The van der Waals surface area contributed by atoms with Crippen molar-refractivity contribution >= 4 is 44.9 Å². The largest absolute Gasteiger partial charge is 0.375 e. The van der Waals surface area contributed by atoms with Gasteiger partial charge in [0.2, 0.25) is 0 Å². The van der Waals surface area contributed by atoms with Gasteiger partial charge in [-0.15, -0.1) is 0 Å². The van der Waals surface area contributed by atoms with E-state index in [9.17, 15) is 14.7 Å². The van der Waals surface area contributed by atoms with Gasteiger partial charge in [0.05, 0.1) is 18.7 Å². The van der Waals surface area contributed by atoms with Crippen LogP contribution in [0.3, 0.4) is 0 Å². The lowest BCUT2D eigenvalue weighted by Crippen LogP contribution is -2.41. The molecule has 0 radical (unpaired) electrons. The first-order chi connectivity index (χ1) is 14.7. The van der Waals surface area contributed by atoms with Crippen molar-refractivity contribution in [1.82, 2.24) is 0 Å². The molecule has 1 N–H and O–H groups in total. The maximum absolute atomic E-state index is 13.5. The maximum atomic E-state index is 13.5. The van der Waals surface area contributed by atoms with E-state index in [1.165, 1.54) is 0 Å². The van der Waals surface area contributed by atoms with Crippen molar-refractivity contribution in [3.8, 4) is 0 Å². The fourth-order valence-corrected chi connectivity index (χ4v) is 4.45. The van der Waals surface area contributed by atoms with Crippen LogP contribution in [-0.2, 0) is 16.9 Å². The summed E-state index contributed by atoms with van der Waals surface area (Å²) in [5.74, 6) is -0.823. The summed E-state index contributed by atoms with van der Waals surface area (Å²) in [6.07, 6.45) is -0.347. The van der Waals surface area contributed by atoms with Gasteiger partial charge in [-0.1, -0.05) is 51.3 Å². The summed E-state index contributed by atoms with van der Waals surface area (Å²) < 4.78 is 0.727. The molecule has 0 fully saturated rings. The van der Waals surface area contributed by atoms with Crippen LogP contribution in [-0.4, -0.2) is 16.8 Å². The quantitative estimate of drug-likeness (QED) is 0.457. The number of aliphatic hydroxyl groups is 1. The highest BCUT2D eigenvalue weighted by Gasteiger charge is 2.51. The molecule has 158 valence electrons. The molecule has 0 aromatic heterocycles. The number of rotatable bonds is 5. The van der Waals surface area contributed by atoms with Crippen molar-refractivity contribution in [2.24, 2.45) is 0 Å². The first-order valence-electron chi connectivity index (χ1n) is 9.88. The molecule has 4 nitrogen and oxygen atoms in total. The molecule has 6 heteroatoms. The number of aryl methyl sites for hydroxylation is 2. The van der Waals surface area contributed by atoms with E-state index < -0.39 is 11.5 Å². The lowest BCUT2D eigenvalue weighted by atomic mass is 9.88. The molecule has 0 saturated carbocycles. The Kier molecular flexibility index (Phi) is 5.77. The summed E-state index contributed by atoms with van der Waals surface area (Å²) in [5, 5.41) is 12.1. The number of carbonyl (C=O) groups excluding carboxylic acids is 2. The summed E-state index contributed by atoms with van der Waals surface area (Å²) in [6, 6.07) is 17.9. The number of fused-ring (bicyclic) bond motifs is 1. The highest BCUT2D eigenvalue weighted by atomic mass is 79.9. The minimum atomic E-state index is -1.94. The molecule has 0 spiro atoms. The molecule has 3 aromatic carbocycles. The molecule has 0 saturated heterocycles. The second-order valence-electron chi connectivity index (χ2n) is 7.95. The third kappa shape index (κ3) is 4.05. The highest BCUT2D eigenvalue weighted by Crippen LogP contribution is 2.45. The van der Waals surface area contributed by atoms with E-state index in [1.807, 2.05) is 38.1 Å². The van der Waals surface area contributed by atoms with Gasteiger partial charge in [-0.3, -0.25) is 9.59 Å². The van der Waals surface area contributed by atoms with Gasteiger partial charge in [-0.25, -0.2) is 0 Å². The Balaban J connectivity index is 1.72. The van der Waals surface area contributed by atoms with Crippen molar-refractivity contribution in [3.05, 3.63) is 98.0 Å². The number of anilines is 1. The van der Waals surface area contributed by atoms with Gasteiger partial charge in [0.1, 0.15) is 0 Å². The lowest BCUT2D eigenvalue weighted by Gasteiger charge is -2.23. The minimum Gasteiger partial charge on any atom is -0.375 e. The topological polar surface area (TPSA) is 57.6 Å². The van der Waals surface area contributed by atoms with E-state index in [4.69, 9.17) is 11.6 Å². The monoisotopic (exact) mass is 497 g/mol. The summed E-state index contributed by atoms with van der Waals surface area (Å²) in [5.41, 5.74) is 2.65. The minimum absolute atomic E-state index is 0.318. The summed E-state index contributed by atoms with van der Waals surface area (Å²) in [7, 11) is 0. The molecule has 1 aliphatic rings. The molecule has 0 unspecified atom stereocenters. The Labute approximate surface area is 194 Å². The fourth-order valence-electron chi connectivity index (χ4n) is 3.96. The van der Waals surface area contributed by atoms with E-state index >= 15 is 0 Å². The number of amides is 1. The zero-order valence-electron chi connectivity index (χ0n) is 17.2. The molecule has 0 aliphatic carbocycles. The molecule has 1 heterocycles. The Morgan fingerprint density at radius 1 is 1.06 bits per heavy atom. The van der Waals surface area contributed by atoms with E-state index in [0.717, 1.165) is 21.2 Å². The van der Waals surface area contributed by atoms with Crippen LogP contribution in [0.25, 0.3) is 0 Å². The maximum Gasteiger partial charge on any atom is 0.264 e.